The molecule has 3 aromatic rings. The summed E-state index contributed by atoms with van der Waals surface area (Å²) < 4.78 is 36.1. The van der Waals surface area contributed by atoms with Gasteiger partial charge in [-0.2, -0.15) is 8.75 Å². The van der Waals surface area contributed by atoms with Crippen molar-refractivity contribution in [3.63, 3.8) is 0 Å². The molecule has 2 heterocycles. The van der Waals surface area contributed by atoms with Crippen LogP contribution in [0.2, 0.25) is 0 Å². The first-order valence-corrected chi connectivity index (χ1v) is 8.94. The van der Waals surface area contributed by atoms with E-state index in [1.54, 1.807) is 0 Å². The molecule has 116 valence electrons. The van der Waals surface area contributed by atoms with E-state index in [-0.39, 0.29) is 5.56 Å². The number of benzene rings is 1. The van der Waals surface area contributed by atoms with Crippen molar-refractivity contribution in [2.75, 3.05) is 0 Å². The Morgan fingerprint density at radius 2 is 1.95 bits per heavy atom. The van der Waals surface area contributed by atoms with Crippen LogP contribution in [0.1, 0.15) is 37.5 Å². The summed E-state index contributed by atoms with van der Waals surface area (Å²) in [4.78, 5) is 1.92. The predicted octanol–water partition coefficient (Wildman–Crippen LogP) is 5.82. The minimum atomic E-state index is -0.868. The average molecular weight is 338 g/mol. The molecule has 2 nitrogen and oxygen atoms in total. The van der Waals surface area contributed by atoms with Crippen molar-refractivity contribution in [2.45, 2.75) is 39.0 Å². The Kier molecular flexibility index (Phi) is 4.78. The summed E-state index contributed by atoms with van der Waals surface area (Å²) in [6.45, 7) is 2.18. The molecule has 0 radical (unpaired) electrons. The van der Waals surface area contributed by atoms with Gasteiger partial charge in [0.15, 0.2) is 11.6 Å². The lowest BCUT2D eigenvalue weighted by molar-refractivity contribution is 0.513. The summed E-state index contributed by atoms with van der Waals surface area (Å²) in [5, 5.41) is 0. The molecule has 6 heteroatoms. The average Bonchev–Trinajstić information content (AvgIpc) is 3.14. The van der Waals surface area contributed by atoms with Crippen molar-refractivity contribution < 1.29 is 8.78 Å². The van der Waals surface area contributed by atoms with E-state index in [1.807, 2.05) is 12.1 Å². The Balaban J connectivity index is 1.90. The number of halogens is 2. The highest BCUT2D eigenvalue weighted by Crippen LogP contribution is 2.36. The van der Waals surface area contributed by atoms with Crippen molar-refractivity contribution >= 4 is 34.1 Å². The lowest BCUT2D eigenvalue weighted by Gasteiger charge is -2.02. The standard InChI is InChI=1S/C16H16F2N2S2/c1-2-3-4-5-6-10-7-8-13(21-10)14-15(18)11(17)9-12-16(14)20-22-19-12/h7-9H,2-6H2,1H3. The number of aromatic nitrogens is 2. The van der Waals surface area contributed by atoms with Gasteiger partial charge in [-0.25, -0.2) is 8.78 Å². The number of rotatable bonds is 6. The lowest BCUT2D eigenvalue weighted by Crippen LogP contribution is -1.90. The van der Waals surface area contributed by atoms with Crippen molar-refractivity contribution in [1.29, 1.82) is 0 Å². The molecule has 3 rings (SSSR count). The van der Waals surface area contributed by atoms with Crippen LogP contribution in [-0.2, 0) is 6.42 Å². The molecule has 0 aliphatic carbocycles. The Morgan fingerprint density at radius 3 is 2.77 bits per heavy atom. The van der Waals surface area contributed by atoms with E-state index < -0.39 is 11.6 Å². The summed E-state index contributed by atoms with van der Waals surface area (Å²) in [7, 11) is 0. The summed E-state index contributed by atoms with van der Waals surface area (Å²) in [6.07, 6.45) is 5.77. The van der Waals surface area contributed by atoms with Crippen LogP contribution in [0.25, 0.3) is 21.5 Å². The van der Waals surface area contributed by atoms with Gasteiger partial charge in [0.2, 0.25) is 0 Å². The van der Waals surface area contributed by atoms with Gasteiger partial charge in [0.05, 0.1) is 17.3 Å². The summed E-state index contributed by atoms with van der Waals surface area (Å²) in [6, 6.07) is 4.97. The summed E-state index contributed by atoms with van der Waals surface area (Å²) in [5.74, 6) is -1.70. The quantitative estimate of drug-likeness (QED) is 0.529. The predicted molar refractivity (Wildman–Crippen MR) is 88.5 cm³/mol. The number of nitrogens with zero attached hydrogens (tertiary/aromatic N) is 2. The Morgan fingerprint density at radius 1 is 1.09 bits per heavy atom. The van der Waals surface area contributed by atoms with Gasteiger partial charge in [0.1, 0.15) is 11.0 Å². The van der Waals surface area contributed by atoms with Crippen LogP contribution in [0.15, 0.2) is 18.2 Å². The third-order valence-corrected chi connectivity index (χ3v) is 5.33. The van der Waals surface area contributed by atoms with Crippen LogP contribution in [-0.4, -0.2) is 8.75 Å². The number of thiophene rings is 1. The molecule has 0 aliphatic rings. The summed E-state index contributed by atoms with van der Waals surface area (Å²) >= 11 is 2.49. The molecule has 0 N–H and O–H groups in total. The van der Waals surface area contributed by atoms with E-state index in [2.05, 4.69) is 15.7 Å². The van der Waals surface area contributed by atoms with E-state index in [0.717, 1.165) is 35.5 Å². The maximum atomic E-state index is 14.2. The van der Waals surface area contributed by atoms with Crippen LogP contribution in [0, 0.1) is 11.6 Å². The Hall–Kier alpha value is -1.40. The number of aryl methyl sites for hydroxylation is 1. The minimum absolute atomic E-state index is 0.244. The molecule has 0 aliphatic heterocycles. The highest BCUT2D eigenvalue weighted by atomic mass is 32.1. The molecular formula is C16H16F2N2S2. The molecule has 22 heavy (non-hydrogen) atoms. The number of unbranched alkanes of at least 4 members (excludes halogenated alkanes) is 3. The van der Waals surface area contributed by atoms with Crippen LogP contribution in [0.5, 0.6) is 0 Å². The zero-order valence-electron chi connectivity index (χ0n) is 12.2. The molecule has 0 bridgehead atoms. The first-order valence-electron chi connectivity index (χ1n) is 7.40. The van der Waals surface area contributed by atoms with Gasteiger partial charge >= 0.3 is 0 Å². The smallest absolute Gasteiger partial charge is 0.169 e. The van der Waals surface area contributed by atoms with Gasteiger partial charge in [0.25, 0.3) is 0 Å². The van der Waals surface area contributed by atoms with Crippen LogP contribution >= 0.6 is 23.1 Å². The molecule has 2 aromatic heterocycles. The molecule has 0 amide bonds. The normalized spacial score (nSPS) is 11.4. The van der Waals surface area contributed by atoms with Crippen molar-refractivity contribution in [3.8, 4) is 10.4 Å². The number of hydrogen-bond acceptors (Lipinski definition) is 4. The van der Waals surface area contributed by atoms with Gasteiger partial charge in [-0.15, -0.1) is 11.3 Å². The molecule has 0 saturated carbocycles. The second kappa shape index (κ2) is 6.79. The first-order chi connectivity index (χ1) is 10.7. The third kappa shape index (κ3) is 3.03. The zero-order valence-corrected chi connectivity index (χ0v) is 13.9. The van der Waals surface area contributed by atoms with Gasteiger partial charge in [0, 0.05) is 15.8 Å². The van der Waals surface area contributed by atoms with E-state index >= 15 is 0 Å². The minimum Gasteiger partial charge on any atom is -0.204 e. The fourth-order valence-corrected chi connectivity index (χ4v) is 4.09. The van der Waals surface area contributed by atoms with Crippen molar-refractivity contribution in [3.05, 3.63) is 34.7 Å². The fourth-order valence-electron chi connectivity index (χ4n) is 2.47. The molecule has 0 saturated heterocycles. The highest BCUT2D eigenvalue weighted by molar-refractivity contribution is 7.15. The number of hydrogen-bond donors (Lipinski definition) is 0. The van der Waals surface area contributed by atoms with Crippen molar-refractivity contribution in [2.24, 2.45) is 0 Å². The van der Waals surface area contributed by atoms with Crippen LogP contribution < -0.4 is 0 Å². The van der Waals surface area contributed by atoms with Gasteiger partial charge in [-0.05, 0) is 25.0 Å². The second-order valence-electron chi connectivity index (χ2n) is 5.26. The van der Waals surface area contributed by atoms with E-state index in [1.165, 1.54) is 35.5 Å². The molecule has 0 spiro atoms. The maximum Gasteiger partial charge on any atom is 0.169 e. The maximum absolute atomic E-state index is 14.2. The Bertz CT molecular complexity index is 780. The van der Waals surface area contributed by atoms with E-state index in [4.69, 9.17) is 0 Å². The summed E-state index contributed by atoms with van der Waals surface area (Å²) in [5.41, 5.74) is 1.11. The van der Waals surface area contributed by atoms with Gasteiger partial charge in [-0.3, -0.25) is 0 Å². The third-order valence-electron chi connectivity index (χ3n) is 3.63. The first kappa shape index (κ1) is 15.5. The zero-order chi connectivity index (χ0) is 15.5. The molecule has 0 unspecified atom stereocenters. The lowest BCUT2D eigenvalue weighted by atomic mass is 10.1. The highest BCUT2D eigenvalue weighted by Gasteiger charge is 2.19. The second-order valence-corrected chi connectivity index (χ2v) is 6.95. The van der Waals surface area contributed by atoms with Crippen LogP contribution in [0.4, 0.5) is 8.78 Å². The Labute approximate surface area is 136 Å². The monoisotopic (exact) mass is 338 g/mol. The molecule has 1 aromatic carbocycles. The van der Waals surface area contributed by atoms with Gasteiger partial charge < -0.3 is 0 Å². The van der Waals surface area contributed by atoms with Crippen molar-refractivity contribution in [1.82, 2.24) is 8.75 Å². The molecular weight excluding hydrogens is 322 g/mol. The topological polar surface area (TPSA) is 25.8 Å². The van der Waals surface area contributed by atoms with Gasteiger partial charge in [-0.1, -0.05) is 26.2 Å². The molecule has 0 fully saturated rings. The van der Waals surface area contributed by atoms with Crippen LogP contribution in [0.3, 0.4) is 0 Å². The fraction of sp³-hybridized carbons (Fsp3) is 0.375. The number of fused-ring (bicyclic) bond motifs is 1. The van der Waals surface area contributed by atoms with E-state index in [0.29, 0.717) is 11.0 Å². The largest absolute Gasteiger partial charge is 0.204 e. The molecule has 0 atom stereocenters. The van der Waals surface area contributed by atoms with E-state index in [9.17, 15) is 8.78 Å². The SMILES string of the molecule is CCCCCCc1ccc(-c2c(F)c(F)cc3nsnc23)s1.